The van der Waals surface area contributed by atoms with Crippen molar-refractivity contribution >= 4 is 27.8 Å². The summed E-state index contributed by atoms with van der Waals surface area (Å²) in [5.74, 6) is 1.93. The fourth-order valence-electron chi connectivity index (χ4n) is 5.45. The molecular weight excluding hydrogens is 439 g/mol. The van der Waals surface area contributed by atoms with Gasteiger partial charge in [0.1, 0.15) is 11.6 Å². The Morgan fingerprint density at radius 3 is 2.54 bits per heavy atom. The van der Waals surface area contributed by atoms with Gasteiger partial charge in [0.2, 0.25) is 0 Å². The normalized spacial score (nSPS) is 19.7. The average Bonchev–Trinajstić information content (AvgIpc) is 3.26. The minimum absolute atomic E-state index is 0.0783. The highest BCUT2D eigenvalue weighted by atomic mass is 19.1. The summed E-state index contributed by atoms with van der Waals surface area (Å²) in [6.45, 7) is 8.17. The molecule has 0 bridgehead atoms. The minimum Gasteiger partial charge on any atom is -0.347 e. The third-order valence-electron chi connectivity index (χ3n) is 7.34. The summed E-state index contributed by atoms with van der Waals surface area (Å²) in [4.78, 5) is 25.3. The number of rotatable bonds is 4. The molecule has 1 amide bonds. The van der Waals surface area contributed by atoms with Crippen molar-refractivity contribution in [1.82, 2.24) is 20.3 Å². The predicted molar refractivity (Wildman–Crippen MR) is 138 cm³/mol. The molecule has 0 spiro atoms. The largest absolute Gasteiger partial charge is 0.347 e. The maximum absolute atomic E-state index is 13.9. The maximum Gasteiger partial charge on any atom is 0.251 e. The van der Waals surface area contributed by atoms with Crippen LogP contribution in [0.1, 0.15) is 87.0 Å². The summed E-state index contributed by atoms with van der Waals surface area (Å²) < 4.78 is 13.9. The molecule has 1 aliphatic rings. The molecular formula is C29H33FN4O. The average molecular weight is 473 g/mol. The fraction of sp³-hybridized carbons (Fsp3) is 0.414. The van der Waals surface area contributed by atoms with Crippen LogP contribution < -0.4 is 5.32 Å². The van der Waals surface area contributed by atoms with Gasteiger partial charge in [0.05, 0.1) is 16.6 Å². The Labute approximate surface area is 205 Å². The molecule has 5 nitrogen and oxygen atoms in total. The van der Waals surface area contributed by atoms with E-state index in [1.54, 1.807) is 12.1 Å². The highest BCUT2D eigenvalue weighted by Crippen LogP contribution is 2.43. The number of fused-ring (bicyclic) bond motifs is 2. The summed E-state index contributed by atoms with van der Waals surface area (Å²) in [5, 5.41) is 3.95. The smallest absolute Gasteiger partial charge is 0.251 e. The summed E-state index contributed by atoms with van der Waals surface area (Å²) >= 11 is 0. The number of nitrogens with zero attached hydrogens (tertiary/aromatic N) is 2. The van der Waals surface area contributed by atoms with Crippen LogP contribution in [0.3, 0.4) is 0 Å². The number of hydrogen-bond donors (Lipinski definition) is 2. The van der Waals surface area contributed by atoms with Crippen molar-refractivity contribution < 1.29 is 9.18 Å². The van der Waals surface area contributed by atoms with Gasteiger partial charge >= 0.3 is 0 Å². The van der Waals surface area contributed by atoms with Crippen LogP contribution in [0, 0.1) is 11.7 Å². The molecule has 2 N–H and O–H groups in total. The van der Waals surface area contributed by atoms with Crippen molar-refractivity contribution in [2.75, 3.05) is 0 Å². The quantitative estimate of drug-likeness (QED) is 0.341. The van der Waals surface area contributed by atoms with Gasteiger partial charge in [-0.1, -0.05) is 6.92 Å². The van der Waals surface area contributed by atoms with Crippen LogP contribution in [-0.4, -0.2) is 26.4 Å². The second kappa shape index (κ2) is 9.06. The molecule has 1 fully saturated rings. The number of halogens is 1. The second-order valence-corrected chi connectivity index (χ2v) is 11.0. The predicted octanol–water partition coefficient (Wildman–Crippen LogP) is 6.86. The van der Waals surface area contributed by atoms with Gasteiger partial charge in [0.15, 0.2) is 0 Å². The molecule has 0 radical (unpaired) electrons. The topological polar surface area (TPSA) is 70.7 Å². The van der Waals surface area contributed by atoms with E-state index in [2.05, 4.69) is 28.3 Å². The second-order valence-electron chi connectivity index (χ2n) is 11.0. The van der Waals surface area contributed by atoms with Crippen LogP contribution in [0.2, 0.25) is 0 Å². The molecule has 0 aliphatic heterocycles. The Hall–Kier alpha value is -3.28. The summed E-state index contributed by atoms with van der Waals surface area (Å²) in [5.41, 5.74) is 4.21. The lowest BCUT2D eigenvalue weighted by atomic mass is 9.73. The van der Waals surface area contributed by atoms with E-state index >= 15 is 0 Å². The van der Waals surface area contributed by atoms with Crippen molar-refractivity contribution in [3.8, 4) is 0 Å². The number of aromatic amines is 1. The van der Waals surface area contributed by atoms with Gasteiger partial charge in [0, 0.05) is 28.6 Å². The first-order valence-corrected chi connectivity index (χ1v) is 12.5. The summed E-state index contributed by atoms with van der Waals surface area (Å²) in [6, 6.07) is 12.6. The van der Waals surface area contributed by atoms with Gasteiger partial charge in [-0.15, -0.1) is 0 Å². The first-order chi connectivity index (χ1) is 16.7. The lowest BCUT2D eigenvalue weighted by molar-refractivity contribution is 0.0919. The zero-order valence-corrected chi connectivity index (χ0v) is 20.9. The Balaban J connectivity index is 1.29. The number of H-pyrrole nitrogens is 1. The Kier molecular flexibility index (Phi) is 6.07. The molecule has 0 unspecified atom stereocenters. The zero-order valence-electron chi connectivity index (χ0n) is 20.9. The number of hydrogen-bond acceptors (Lipinski definition) is 3. The SMILES string of the molecule is C[C@@H](c1nc2ccc(C(=O)NC(C)(C)C)cc2[nH]1)C1CCC(c2ccnc3ccc(F)cc23)CC1. The number of carbonyl (C=O) groups is 1. The van der Waals surface area contributed by atoms with E-state index in [1.807, 2.05) is 45.2 Å². The molecule has 0 saturated heterocycles. The van der Waals surface area contributed by atoms with Crippen LogP contribution >= 0.6 is 0 Å². The molecule has 2 aromatic carbocycles. The van der Waals surface area contributed by atoms with Gasteiger partial charge < -0.3 is 10.3 Å². The van der Waals surface area contributed by atoms with Crippen molar-refractivity contribution in [2.45, 2.75) is 70.8 Å². The molecule has 6 heteroatoms. The van der Waals surface area contributed by atoms with Gasteiger partial charge in [-0.25, -0.2) is 9.37 Å². The number of benzene rings is 2. The summed E-state index contributed by atoms with van der Waals surface area (Å²) in [7, 11) is 0. The molecule has 1 atom stereocenters. The molecule has 2 heterocycles. The Morgan fingerprint density at radius 2 is 1.80 bits per heavy atom. The summed E-state index contributed by atoms with van der Waals surface area (Å²) in [6.07, 6.45) is 6.18. The molecule has 1 aliphatic carbocycles. The molecule has 1 saturated carbocycles. The van der Waals surface area contributed by atoms with E-state index in [-0.39, 0.29) is 17.3 Å². The lowest BCUT2D eigenvalue weighted by Crippen LogP contribution is -2.40. The van der Waals surface area contributed by atoms with E-state index in [9.17, 15) is 9.18 Å². The van der Waals surface area contributed by atoms with Gasteiger partial charge in [-0.2, -0.15) is 0 Å². The number of pyridine rings is 1. The van der Waals surface area contributed by atoms with Crippen LogP contribution in [0.4, 0.5) is 4.39 Å². The van der Waals surface area contributed by atoms with E-state index in [0.29, 0.717) is 23.3 Å². The lowest BCUT2D eigenvalue weighted by Gasteiger charge is -2.32. The third kappa shape index (κ3) is 4.93. The minimum atomic E-state index is -0.282. The molecule has 35 heavy (non-hydrogen) atoms. The van der Waals surface area contributed by atoms with Crippen LogP contribution in [0.15, 0.2) is 48.7 Å². The van der Waals surface area contributed by atoms with Crippen LogP contribution in [-0.2, 0) is 0 Å². The standard InChI is InChI=1S/C29H33FN4O/c1-17(27-32-25-11-9-20(15-26(25)33-27)28(35)34-29(2,3)4)18-5-7-19(8-6-18)22-13-14-31-24-12-10-21(30)16-23(22)24/h9-19H,5-8H2,1-4H3,(H,32,33)(H,34,35)/t17-,18?,19?/m1/s1. The van der Waals surface area contributed by atoms with E-state index in [1.165, 1.54) is 11.6 Å². The van der Waals surface area contributed by atoms with Gasteiger partial charge in [0.25, 0.3) is 5.91 Å². The van der Waals surface area contributed by atoms with E-state index in [0.717, 1.165) is 53.4 Å². The van der Waals surface area contributed by atoms with Crippen molar-refractivity contribution in [3.05, 3.63) is 71.4 Å². The number of carbonyl (C=O) groups excluding carboxylic acids is 1. The first-order valence-electron chi connectivity index (χ1n) is 12.5. The van der Waals surface area contributed by atoms with Crippen molar-refractivity contribution in [3.63, 3.8) is 0 Å². The Bertz CT molecular complexity index is 1380. The van der Waals surface area contributed by atoms with Crippen LogP contribution in [0.25, 0.3) is 21.9 Å². The van der Waals surface area contributed by atoms with Crippen molar-refractivity contribution in [2.24, 2.45) is 5.92 Å². The van der Waals surface area contributed by atoms with Crippen molar-refractivity contribution in [1.29, 1.82) is 0 Å². The number of amides is 1. The highest BCUT2D eigenvalue weighted by Gasteiger charge is 2.29. The molecule has 4 aromatic rings. The fourth-order valence-corrected chi connectivity index (χ4v) is 5.45. The first kappa shape index (κ1) is 23.5. The molecule has 5 rings (SSSR count). The molecule has 2 aromatic heterocycles. The third-order valence-corrected chi connectivity index (χ3v) is 7.34. The number of nitrogens with one attached hydrogen (secondary N) is 2. The van der Waals surface area contributed by atoms with E-state index < -0.39 is 0 Å². The maximum atomic E-state index is 13.9. The van der Waals surface area contributed by atoms with Gasteiger partial charge in [-0.3, -0.25) is 9.78 Å². The zero-order chi connectivity index (χ0) is 24.7. The Morgan fingerprint density at radius 1 is 1.06 bits per heavy atom. The van der Waals surface area contributed by atoms with E-state index in [4.69, 9.17) is 4.98 Å². The van der Waals surface area contributed by atoms with Gasteiger partial charge in [-0.05, 0) is 106 Å². The molecule has 182 valence electrons. The highest BCUT2D eigenvalue weighted by molar-refractivity contribution is 5.97. The van der Waals surface area contributed by atoms with Crippen LogP contribution in [0.5, 0.6) is 0 Å². The monoisotopic (exact) mass is 472 g/mol. The number of aromatic nitrogens is 3. The number of imidazole rings is 1.